The van der Waals surface area contributed by atoms with Crippen LogP contribution in [0.3, 0.4) is 0 Å². The van der Waals surface area contributed by atoms with Crippen LogP contribution < -0.4 is 0 Å². The highest BCUT2D eigenvalue weighted by Gasteiger charge is 2.13. The van der Waals surface area contributed by atoms with Gasteiger partial charge in [-0.3, -0.25) is 9.59 Å². The van der Waals surface area contributed by atoms with Crippen LogP contribution in [0.2, 0.25) is 0 Å². The van der Waals surface area contributed by atoms with Gasteiger partial charge in [-0.2, -0.15) is 0 Å². The zero-order valence-electron chi connectivity index (χ0n) is 11.5. The molecule has 0 aliphatic carbocycles. The summed E-state index contributed by atoms with van der Waals surface area (Å²) >= 11 is 0. The Kier molecular flexibility index (Phi) is 8.33. The molecular weight excluding hydrogens is 274 g/mol. The van der Waals surface area contributed by atoms with E-state index in [4.69, 9.17) is 0 Å². The second-order valence-corrected chi connectivity index (χ2v) is 6.38. The lowest BCUT2D eigenvalue weighted by atomic mass is 10.3. The number of carbonyl (C=O) groups is 2. The van der Waals surface area contributed by atoms with Gasteiger partial charge in [0.05, 0.1) is 32.8 Å². The van der Waals surface area contributed by atoms with Gasteiger partial charge in [-0.05, 0) is 0 Å². The summed E-state index contributed by atoms with van der Waals surface area (Å²) in [4.78, 5) is 23.8. The van der Waals surface area contributed by atoms with Crippen molar-refractivity contribution in [2.75, 3.05) is 45.9 Å². The van der Waals surface area contributed by atoms with Gasteiger partial charge in [0.25, 0.3) is 0 Å². The van der Waals surface area contributed by atoms with Crippen LogP contribution in [0.25, 0.3) is 0 Å². The summed E-state index contributed by atoms with van der Waals surface area (Å²) in [6.45, 7) is 0.963. The molecule has 112 valence electrons. The lowest BCUT2D eigenvalue weighted by Crippen LogP contribution is -2.33. The molecule has 7 nitrogen and oxygen atoms in total. The number of esters is 2. The molecule has 0 aliphatic heterocycles. The smallest absolute Gasteiger partial charge is 0.306 e. The van der Waals surface area contributed by atoms with E-state index in [-0.39, 0.29) is 37.1 Å². The fourth-order valence-electron chi connectivity index (χ4n) is 1.33. The lowest BCUT2D eigenvalue weighted by molar-refractivity contribution is -0.141. The molecule has 0 aliphatic rings. The van der Waals surface area contributed by atoms with E-state index in [1.165, 1.54) is 14.2 Å². The van der Waals surface area contributed by atoms with Crippen molar-refractivity contribution in [2.45, 2.75) is 12.8 Å². The molecule has 0 rings (SSSR count). The van der Waals surface area contributed by atoms with Gasteiger partial charge in [-0.1, -0.05) is 0 Å². The summed E-state index contributed by atoms with van der Waals surface area (Å²) in [6, 6.07) is 0. The first-order chi connectivity index (χ1) is 8.78. The molecular formula is C11H21NO6S. The monoisotopic (exact) mass is 295 g/mol. The minimum atomic E-state index is -3.08. The second-order valence-electron chi connectivity index (χ2n) is 4.12. The van der Waals surface area contributed by atoms with E-state index in [9.17, 15) is 18.0 Å². The molecule has 0 aromatic rings. The Morgan fingerprint density at radius 1 is 0.947 bits per heavy atom. The van der Waals surface area contributed by atoms with Crippen molar-refractivity contribution in [2.24, 2.45) is 0 Å². The Hall–Kier alpha value is -1.15. The molecule has 0 radical (unpaired) electrons. The Morgan fingerprint density at radius 2 is 1.37 bits per heavy atom. The summed E-state index contributed by atoms with van der Waals surface area (Å²) in [5.41, 5.74) is 0. The first-order valence-electron chi connectivity index (χ1n) is 5.82. The van der Waals surface area contributed by atoms with Crippen molar-refractivity contribution in [3.05, 3.63) is 0 Å². The van der Waals surface area contributed by atoms with Crippen LogP contribution in [0.5, 0.6) is 0 Å². The third kappa shape index (κ3) is 10.5. The number of rotatable bonds is 9. The number of hydrogen-bond donors (Lipinski definition) is 0. The summed E-state index contributed by atoms with van der Waals surface area (Å²) < 4.78 is 31.3. The molecule has 0 fully saturated rings. The Balaban J connectivity index is 4.29. The molecule has 0 atom stereocenters. The summed E-state index contributed by atoms with van der Waals surface area (Å²) in [5.74, 6) is -0.764. The van der Waals surface area contributed by atoms with E-state index < -0.39 is 9.84 Å². The van der Waals surface area contributed by atoms with Crippen LogP contribution in [0, 0.1) is 0 Å². The normalized spacial score (nSPS) is 11.4. The highest BCUT2D eigenvalue weighted by molar-refractivity contribution is 7.90. The van der Waals surface area contributed by atoms with Gasteiger partial charge in [0.1, 0.15) is 9.84 Å². The molecule has 0 bridgehead atoms. The van der Waals surface area contributed by atoms with Gasteiger partial charge in [0.2, 0.25) is 0 Å². The van der Waals surface area contributed by atoms with Crippen LogP contribution in [-0.2, 0) is 28.9 Å². The predicted octanol–water partition coefficient (Wildman–Crippen LogP) is -0.541. The molecule has 0 saturated heterocycles. The van der Waals surface area contributed by atoms with E-state index in [1.807, 2.05) is 0 Å². The molecule has 0 spiro atoms. The number of carbonyl (C=O) groups excluding carboxylic acids is 2. The molecule has 0 heterocycles. The Bertz CT molecular complexity index is 372. The van der Waals surface area contributed by atoms with Crippen molar-refractivity contribution >= 4 is 21.8 Å². The topological polar surface area (TPSA) is 90.0 Å². The first-order valence-corrected chi connectivity index (χ1v) is 7.88. The minimum absolute atomic E-state index is 0.0185. The highest BCUT2D eigenvalue weighted by atomic mass is 32.2. The van der Waals surface area contributed by atoms with Crippen LogP contribution >= 0.6 is 0 Å². The van der Waals surface area contributed by atoms with Crippen LogP contribution in [-0.4, -0.2) is 71.1 Å². The first kappa shape index (κ1) is 17.8. The molecule has 0 aromatic heterocycles. The number of sulfone groups is 1. The zero-order chi connectivity index (χ0) is 14.9. The zero-order valence-corrected chi connectivity index (χ0v) is 12.4. The summed E-state index contributed by atoms with van der Waals surface area (Å²) in [6.07, 6.45) is 1.45. The maximum absolute atomic E-state index is 11.1. The minimum Gasteiger partial charge on any atom is -0.469 e. The average Bonchev–Trinajstić information content (AvgIpc) is 2.35. The predicted molar refractivity (Wildman–Crippen MR) is 69.4 cm³/mol. The quantitative estimate of drug-likeness (QED) is 0.528. The van der Waals surface area contributed by atoms with Gasteiger partial charge in [0, 0.05) is 25.9 Å². The summed E-state index contributed by atoms with van der Waals surface area (Å²) in [7, 11) is -0.503. The fraction of sp³-hybridized carbons (Fsp3) is 0.818. The highest BCUT2D eigenvalue weighted by Crippen LogP contribution is 1.99. The van der Waals surface area contributed by atoms with Crippen molar-refractivity contribution in [1.29, 1.82) is 0 Å². The Labute approximate surface area is 113 Å². The van der Waals surface area contributed by atoms with Gasteiger partial charge in [0.15, 0.2) is 0 Å². The van der Waals surface area contributed by atoms with E-state index in [0.29, 0.717) is 13.1 Å². The van der Waals surface area contributed by atoms with Crippen molar-refractivity contribution in [3.8, 4) is 0 Å². The third-order valence-electron chi connectivity index (χ3n) is 2.50. The van der Waals surface area contributed by atoms with Gasteiger partial charge in [-0.15, -0.1) is 0 Å². The van der Waals surface area contributed by atoms with E-state index in [1.54, 1.807) is 4.90 Å². The maximum atomic E-state index is 11.1. The summed E-state index contributed by atoms with van der Waals surface area (Å²) in [5, 5.41) is 0. The molecule has 0 unspecified atom stereocenters. The van der Waals surface area contributed by atoms with Crippen molar-refractivity contribution < 1.29 is 27.5 Å². The molecule has 0 N–H and O–H groups in total. The van der Waals surface area contributed by atoms with Crippen molar-refractivity contribution in [1.82, 2.24) is 4.90 Å². The maximum Gasteiger partial charge on any atom is 0.306 e. The molecule has 0 aromatic carbocycles. The Morgan fingerprint density at radius 3 is 1.68 bits per heavy atom. The number of nitrogens with zero attached hydrogens (tertiary/aromatic N) is 1. The number of methoxy groups -OCH3 is 2. The average molecular weight is 295 g/mol. The molecule has 0 amide bonds. The third-order valence-corrected chi connectivity index (χ3v) is 3.42. The van der Waals surface area contributed by atoms with Crippen LogP contribution in [0.1, 0.15) is 12.8 Å². The standard InChI is InChI=1S/C11H21NO6S/c1-17-10(13)4-6-12(7-5-11(14)18-2)8-9-19(3,15)16/h4-9H2,1-3H3. The lowest BCUT2D eigenvalue weighted by Gasteiger charge is -2.20. The SMILES string of the molecule is COC(=O)CCN(CCC(=O)OC)CCS(C)(=O)=O. The number of hydrogen-bond acceptors (Lipinski definition) is 7. The van der Waals surface area contributed by atoms with Crippen molar-refractivity contribution in [3.63, 3.8) is 0 Å². The second kappa shape index (κ2) is 8.87. The molecule has 19 heavy (non-hydrogen) atoms. The van der Waals surface area contributed by atoms with Gasteiger partial charge >= 0.3 is 11.9 Å². The number of ether oxygens (including phenoxy) is 2. The van der Waals surface area contributed by atoms with Gasteiger partial charge in [-0.25, -0.2) is 8.42 Å². The molecule has 8 heteroatoms. The van der Waals surface area contributed by atoms with Crippen LogP contribution in [0.15, 0.2) is 0 Å². The largest absolute Gasteiger partial charge is 0.469 e. The fourth-order valence-corrected chi connectivity index (χ4v) is 1.92. The van der Waals surface area contributed by atoms with Gasteiger partial charge < -0.3 is 14.4 Å². The van der Waals surface area contributed by atoms with Crippen LogP contribution in [0.4, 0.5) is 0 Å². The molecule has 0 saturated carbocycles. The van der Waals surface area contributed by atoms with E-state index in [0.717, 1.165) is 6.26 Å². The van der Waals surface area contributed by atoms with E-state index >= 15 is 0 Å². The van der Waals surface area contributed by atoms with E-state index in [2.05, 4.69) is 9.47 Å².